The maximum absolute atomic E-state index is 14.8. The molecule has 162 valence electrons. The van der Waals surface area contributed by atoms with Gasteiger partial charge in [-0.1, -0.05) is 6.07 Å². The van der Waals surface area contributed by atoms with Crippen molar-refractivity contribution in [1.82, 2.24) is 15.8 Å². The molecule has 2 atom stereocenters. The van der Waals surface area contributed by atoms with Crippen LogP contribution in [0.15, 0.2) is 42.6 Å². The molecule has 2 aliphatic heterocycles. The summed E-state index contributed by atoms with van der Waals surface area (Å²) in [4.78, 5) is 34.1. The molecule has 31 heavy (non-hydrogen) atoms. The minimum atomic E-state index is -0.580. The molecule has 8 nitrogen and oxygen atoms in total. The Balaban J connectivity index is 1.48. The second kappa shape index (κ2) is 8.91. The molecule has 2 aromatic rings. The summed E-state index contributed by atoms with van der Waals surface area (Å²) in [6.07, 6.45) is 2.11. The van der Waals surface area contributed by atoms with Gasteiger partial charge < -0.3 is 10.1 Å². The van der Waals surface area contributed by atoms with Crippen molar-refractivity contribution in [3.63, 3.8) is 0 Å². The van der Waals surface area contributed by atoms with Crippen LogP contribution in [-0.2, 0) is 14.4 Å². The van der Waals surface area contributed by atoms with Crippen molar-refractivity contribution < 1.29 is 23.6 Å². The van der Waals surface area contributed by atoms with E-state index in [-0.39, 0.29) is 25.1 Å². The zero-order valence-electron chi connectivity index (χ0n) is 16.6. The number of carbonyl (C=O) groups excluding carboxylic acids is 2. The van der Waals surface area contributed by atoms with Gasteiger partial charge in [-0.2, -0.15) is 0 Å². The number of halogens is 2. The summed E-state index contributed by atoms with van der Waals surface area (Å²) in [7, 11) is 0. The molecule has 1 aromatic carbocycles. The molecular weight excluding hydrogens is 427 g/mol. The van der Waals surface area contributed by atoms with Gasteiger partial charge in [0.1, 0.15) is 18.0 Å². The van der Waals surface area contributed by atoms with Crippen molar-refractivity contribution >= 4 is 35.0 Å². The molecule has 0 aliphatic carbocycles. The predicted molar refractivity (Wildman–Crippen MR) is 113 cm³/mol. The molecule has 2 aliphatic rings. The second-order valence-electron chi connectivity index (χ2n) is 7.14. The molecule has 2 amide bonds. The summed E-state index contributed by atoms with van der Waals surface area (Å²) in [5.41, 5.74) is 5.45. The molecule has 0 bridgehead atoms. The predicted octanol–water partition coefficient (Wildman–Crippen LogP) is 2.83. The van der Waals surface area contributed by atoms with Gasteiger partial charge in [0.15, 0.2) is 0 Å². The number of hydrogen-bond acceptors (Lipinski definition) is 6. The molecule has 10 heteroatoms. The van der Waals surface area contributed by atoms with E-state index in [2.05, 4.69) is 15.8 Å². The van der Waals surface area contributed by atoms with Gasteiger partial charge in [-0.3, -0.25) is 25.0 Å². The lowest BCUT2D eigenvalue weighted by molar-refractivity contribution is -0.119. The molecule has 0 radical (unpaired) electrons. The van der Waals surface area contributed by atoms with E-state index in [4.69, 9.17) is 21.2 Å². The molecule has 1 aromatic heterocycles. The molecule has 1 saturated heterocycles. The van der Waals surface area contributed by atoms with Crippen LogP contribution in [0.5, 0.6) is 0 Å². The highest BCUT2D eigenvalue weighted by Gasteiger charge is 2.32. The molecule has 1 fully saturated rings. The Morgan fingerprint density at radius 1 is 1.39 bits per heavy atom. The van der Waals surface area contributed by atoms with Crippen molar-refractivity contribution in [2.45, 2.75) is 19.1 Å². The highest BCUT2D eigenvalue weighted by atomic mass is 35.5. The first kappa shape index (κ1) is 21.1. The van der Waals surface area contributed by atoms with E-state index in [9.17, 15) is 14.0 Å². The monoisotopic (exact) mass is 446 g/mol. The smallest absolute Gasteiger partial charge is 0.414 e. The number of aromatic nitrogens is 1. The van der Waals surface area contributed by atoms with Crippen LogP contribution < -0.4 is 15.7 Å². The molecular formula is C21H20ClFN4O4. The normalized spacial score (nSPS) is 20.3. The quantitative estimate of drug-likeness (QED) is 0.663. The van der Waals surface area contributed by atoms with Crippen LogP contribution in [0.2, 0.25) is 0 Å². The SMILES string of the molecule is CC(=O)NC[C@H]1CN(c2ccc(-c3ccc(C4=CC(CCl)ON4)nc3)c(F)c2)C(=O)O1. The lowest BCUT2D eigenvalue weighted by atomic mass is 10.1. The van der Waals surface area contributed by atoms with Crippen LogP contribution in [0, 0.1) is 5.82 Å². The number of nitrogens with one attached hydrogen (secondary N) is 2. The van der Waals surface area contributed by atoms with Crippen LogP contribution in [0.1, 0.15) is 12.6 Å². The Morgan fingerprint density at radius 3 is 2.87 bits per heavy atom. The van der Waals surface area contributed by atoms with Gasteiger partial charge in [-0.15, -0.1) is 11.6 Å². The van der Waals surface area contributed by atoms with Gasteiger partial charge in [0.2, 0.25) is 5.91 Å². The molecule has 2 N–H and O–H groups in total. The molecule has 0 saturated carbocycles. The van der Waals surface area contributed by atoms with E-state index < -0.39 is 18.0 Å². The zero-order valence-corrected chi connectivity index (χ0v) is 17.4. The topological polar surface area (TPSA) is 92.8 Å². The van der Waals surface area contributed by atoms with Crippen molar-refractivity contribution in [2.24, 2.45) is 0 Å². The number of benzene rings is 1. The Hall–Kier alpha value is -3.17. The standard InChI is InChI=1S/C21H20ClFN4O4/c1-12(28)24-10-16-11-27(21(29)30-16)14-3-4-17(18(23)6-14)13-2-5-19(25-9-13)20-7-15(8-22)31-26-20/h2-7,9,15-16,26H,8,10-11H2,1H3,(H,24,28)/t15?,16-/m0/s1. The summed E-state index contributed by atoms with van der Waals surface area (Å²) in [5, 5.41) is 2.61. The highest BCUT2D eigenvalue weighted by Crippen LogP contribution is 2.29. The Kier molecular flexibility index (Phi) is 6.06. The number of hydrogen-bond donors (Lipinski definition) is 2. The summed E-state index contributed by atoms with van der Waals surface area (Å²) < 4.78 is 20.1. The fourth-order valence-corrected chi connectivity index (χ4v) is 3.47. The van der Waals surface area contributed by atoms with Gasteiger partial charge in [-0.05, 0) is 30.3 Å². The Morgan fingerprint density at radius 2 is 2.23 bits per heavy atom. The van der Waals surface area contributed by atoms with E-state index in [0.717, 1.165) is 0 Å². The van der Waals surface area contributed by atoms with Crippen molar-refractivity contribution in [2.75, 3.05) is 23.9 Å². The van der Waals surface area contributed by atoms with Crippen molar-refractivity contribution in [3.8, 4) is 11.1 Å². The van der Waals surface area contributed by atoms with Gasteiger partial charge >= 0.3 is 6.09 Å². The number of carbonyl (C=O) groups is 2. The number of anilines is 1. The zero-order chi connectivity index (χ0) is 22.0. The third-order valence-electron chi connectivity index (χ3n) is 4.89. The van der Waals surface area contributed by atoms with Crippen LogP contribution in [0.4, 0.5) is 14.9 Å². The Bertz CT molecular complexity index is 1030. The van der Waals surface area contributed by atoms with Crippen molar-refractivity contribution in [3.05, 3.63) is 54.1 Å². The van der Waals surface area contributed by atoms with E-state index in [1.165, 1.54) is 17.9 Å². The summed E-state index contributed by atoms with van der Waals surface area (Å²) in [5.74, 6) is -0.380. The van der Waals surface area contributed by atoms with E-state index in [1.54, 1.807) is 30.5 Å². The number of pyridine rings is 1. The lowest BCUT2D eigenvalue weighted by Gasteiger charge is -2.14. The first-order valence-corrected chi connectivity index (χ1v) is 10.2. The van der Waals surface area contributed by atoms with Crippen LogP contribution in [-0.4, -0.2) is 48.2 Å². The minimum Gasteiger partial charge on any atom is -0.442 e. The maximum Gasteiger partial charge on any atom is 0.414 e. The number of alkyl halides is 1. The largest absolute Gasteiger partial charge is 0.442 e. The summed E-state index contributed by atoms with van der Waals surface area (Å²) in [6, 6.07) is 8.03. The van der Waals surface area contributed by atoms with Gasteiger partial charge in [-0.25, -0.2) is 9.18 Å². The fraction of sp³-hybridized carbons (Fsp3) is 0.286. The third-order valence-corrected chi connectivity index (χ3v) is 5.20. The van der Waals surface area contributed by atoms with Crippen LogP contribution >= 0.6 is 11.6 Å². The van der Waals surface area contributed by atoms with Gasteiger partial charge in [0.25, 0.3) is 0 Å². The molecule has 0 spiro atoms. The highest BCUT2D eigenvalue weighted by molar-refractivity contribution is 6.18. The second-order valence-corrected chi connectivity index (χ2v) is 7.45. The fourth-order valence-electron chi connectivity index (χ4n) is 3.32. The number of rotatable bonds is 6. The average Bonchev–Trinajstić information content (AvgIpc) is 3.39. The first-order valence-electron chi connectivity index (χ1n) is 9.63. The number of amides is 2. The van der Waals surface area contributed by atoms with E-state index in [0.29, 0.717) is 34.1 Å². The van der Waals surface area contributed by atoms with E-state index >= 15 is 0 Å². The summed E-state index contributed by atoms with van der Waals surface area (Å²) >= 11 is 5.77. The lowest BCUT2D eigenvalue weighted by Crippen LogP contribution is -2.33. The Labute approximate surface area is 182 Å². The number of hydroxylamine groups is 1. The van der Waals surface area contributed by atoms with Crippen molar-refractivity contribution in [1.29, 1.82) is 0 Å². The maximum atomic E-state index is 14.8. The molecule has 3 heterocycles. The van der Waals surface area contributed by atoms with Gasteiger partial charge in [0.05, 0.1) is 36.0 Å². The number of cyclic esters (lactones) is 1. The third kappa shape index (κ3) is 4.62. The average molecular weight is 447 g/mol. The van der Waals surface area contributed by atoms with Crippen LogP contribution in [0.3, 0.4) is 0 Å². The minimum absolute atomic E-state index is 0.206. The van der Waals surface area contributed by atoms with Crippen LogP contribution in [0.25, 0.3) is 16.8 Å². The molecule has 1 unspecified atom stereocenters. The number of nitrogens with zero attached hydrogens (tertiary/aromatic N) is 2. The molecule has 4 rings (SSSR count). The number of ether oxygens (including phenoxy) is 1. The summed E-state index contributed by atoms with van der Waals surface area (Å²) in [6.45, 7) is 1.81. The first-order chi connectivity index (χ1) is 14.9. The van der Waals surface area contributed by atoms with Gasteiger partial charge in [0, 0.05) is 24.2 Å². The van der Waals surface area contributed by atoms with E-state index in [1.807, 2.05) is 6.08 Å².